The van der Waals surface area contributed by atoms with E-state index in [1.165, 1.54) is 6.07 Å². The second kappa shape index (κ2) is 5.98. The number of halogens is 4. The van der Waals surface area contributed by atoms with Crippen molar-refractivity contribution in [2.75, 3.05) is 0 Å². The molecule has 0 saturated heterocycles. The van der Waals surface area contributed by atoms with E-state index in [2.05, 4.69) is 15.4 Å². The molecule has 2 aromatic carbocycles. The molecule has 0 aliphatic heterocycles. The van der Waals surface area contributed by atoms with Crippen LogP contribution in [0.25, 0.3) is 22.4 Å². The molecule has 3 rings (SSSR count). The van der Waals surface area contributed by atoms with Crippen molar-refractivity contribution in [3.63, 3.8) is 0 Å². The molecule has 0 spiro atoms. The number of aromatic nitrogens is 3. The Bertz CT molecular complexity index is 924. The van der Waals surface area contributed by atoms with Gasteiger partial charge in [0.1, 0.15) is 11.8 Å². The van der Waals surface area contributed by atoms with Crippen molar-refractivity contribution in [1.29, 1.82) is 5.26 Å². The lowest BCUT2D eigenvalue weighted by atomic mass is 9.97. The molecule has 0 fully saturated rings. The maximum absolute atomic E-state index is 13.2. The van der Waals surface area contributed by atoms with E-state index in [-0.39, 0.29) is 17.0 Å². The molecule has 1 aromatic heterocycles. The molecule has 0 radical (unpaired) electrons. The lowest BCUT2D eigenvalue weighted by molar-refractivity contribution is -0.137. The monoisotopic (exact) mass is 348 g/mol. The Kier molecular flexibility index (Phi) is 3.99. The summed E-state index contributed by atoms with van der Waals surface area (Å²) < 4.78 is 39.7. The summed E-state index contributed by atoms with van der Waals surface area (Å²) in [6.07, 6.45) is -4.53. The molecule has 8 heteroatoms. The zero-order chi connectivity index (χ0) is 17.3. The lowest BCUT2D eigenvalue weighted by Gasteiger charge is -2.12. The average molecular weight is 349 g/mol. The highest BCUT2D eigenvalue weighted by Crippen LogP contribution is 2.36. The number of nitrogens with one attached hydrogen (secondary N) is 1. The SMILES string of the molecule is N#Cc1[nH]nnc1-c1cc(-c2ccc(Cl)cc2)cc(C(F)(F)F)c1. The van der Waals surface area contributed by atoms with Crippen LogP contribution >= 0.6 is 11.6 Å². The molecular weight excluding hydrogens is 341 g/mol. The molecule has 120 valence electrons. The van der Waals surface area contributed by atoms with Crippen molar-refractivity contribution in [2.24, 2.45) is 0 Å². The van der Waals surface area contributed by atoms with E-state index in [0.717, 1.165) is 12.1 Å². The minimum atomic E-state index is -4.53. The maximum atomic E-state index is 13.2. The third-order valence-corrected chi connectivity index (χ3v) is 3.62. The summed E-state index contributed by atoms with van der Waals surface area (Å²) in [4.78, 5) is 0. The summed E-state index contributed by atoms with van der Waals surface area (Å²) in [5.41, 5.74) is 0.282. The van der Waals surface area contributed by atoms with E-state index in [1.54, 1.807) is 24.3 Å². The minimum Gasteiger partial charge on any atom is -0.247 e. The molecule has 24 heavy (non-hydrogen) atoms. The predicted molar refractivity (Wildman–Crippen MR) is 82.0 cm³/mol. The van der Waals surface area contributed by atoms with E-state index in [4.69, 9.17) is 16.9 Å². The van der Waals surface area contributed by atoms with Gasteiger partial charge in [-0.15, -0.1) is 5.10 Å². The number of nitrogens with zero attached hydrogens (tertiary/aromatic N) is 3. The number of hydrogen-bond donors (Lipinski definition) is 1. The number of hydrogen-bond acceptors (Lipinski definition) is 3. The van der Waals surface area contributed by atoms with Crippen molar-refractivity contribution in [3.05, 3.63) is 58.7 Å². The Labute approximate surface area is 139 Å². The molecule has 1 heterocycles. The highest BCUT2D eigenvalue weighted by Gasteiger charge is 2.32. The van der Waals surface area contributed by atoms with E-state index in [9.17, 15) is 13.2 Å². The minimum absolute atomic E-state index is 0.00335. The van der Waals surface area contributed by atoms with E-state index in [1.807, 2.05) is 6.07 Å². The molecule has 1 N–H and O–H groups in total. The molecule has 0 atom stereocenters. The summed E-state index contributed by atoms with van der Waals surface area (Å²) in [6.45, 7) is 0. The lowest BCUT2D eigenvalue weighted by Crippen LogP contribution is -2.05. The van der Waals surface area contributed by atoms with E-state index in [0.29, 0.717) is 16.1 Å². The largest absolute Gasteiger partial charge is 0.416 e. The number of rotatable bonds is 2. The third kappa shape index (κ3) is 3.09. The number of benzene rings is 2. The van der Waals surface area contributed by atoms with Gasteiger partial charge in [0.2, 0.25) is 0 Å². The van der Waals surface area contributed by atoms with Gasteiger partial charge in [0, 0.05) is 10.6 Å². The molecular formula is C16H8ClF3N4. The fourth-order valence-corrected chi connectivity index (χ4v) is 2.37. The summed E-state index contributed by atoms with van der Waals surface area (Å²) >= 11 is 5.82. The first-order chi connectivity index (χ1) is 11.4. The summed E-state index contributed by atoms with van der Waals surface area (Å²) in [5.74, 6) is 0. The Balaban J connectivity index is 2.22. The maximum Gasteiger partial charge on any atom is 0.416 e. The first kappa shape index (κ1) is 16.0. The molecule has 0 amide bonds. The van der Waals surface area contributed by atoms with Crippen LogP contribution in [0.1, 0.15) is 11.3 Å². The van der Waals surface area contributed by atoms with Gasteiger partial charge >= 0.3 is 6.18 Å². The number of aromatic amines is 1. The van der Waals surface area contributed by atoms with Crippen molar-refractivity contribution in [1.82, 2.24) is 15.4 Å². The average Bonchev–Trinajstić information content (AvgIpc) is 3.03. The second-order valence-corrected chi connectivity index (χ2v) is 5.39. The highest BCUT2D eigenvalue weighted by atomic mass is 35.5. The fraction of sp³-hybridized carbons (Fsp3) is 0.0625. The van der Waals surface area contributed by atoms with Gasteiger partial charge in [0.15, 0.2) is 5.69 Å². The van der Waals surface area contributed by atoms with Crippen molar-refractivity contribution in [3.8, 4) is 28.5 Å². The Morgan fingerprint density at radius 3 is 2.29 bits per heavy atom. The van der Waals surface area contributed by atoms with Gasteiger partial charge in [-0.2, -0.15) is 18.4 Å². The highest BCUT2D eigenvalue weighted by molar-refractivity contribution is 6.30. The quantitative estimate of drug-likeness (QED) is 0.731. The van der Waals surface area contributed by atoms with Crippen LogP contribution in [0.5, 0.6) is 0 Å². The van der Waals surface area contributed by atoms with Crippen molar-refractivity contribution >= 4 is 11.6 Å². The third-order valence-electron chi connectivity index (χ3n) is 3.37. The van der Waals surface area contributed by atoms with Gasteiger partial charge in [-0.3, -0.25) is 0 Å². The second-order valence-electron chi connectivity index (χ2n) is 4.95. The molecule has 0 aliphatic carbocycles. The Morgan fingerprint density at radius 2 is 1.67 bits per heavy atom. The molecule has 0 saturated carbocycles. The van der Waals surface area contributed by atoms with Crippen LogP contribution in [0, 0.1) is 11.3 Å². The van der Waals surface area contributed by atoms with Crippen LogP contribution in [0.3, 0.4) is 0 Å². The van der Waals surface area contributed by atoms with Gasteiger partial charge in [0.25, 0.3) is 0 Å². The van der Waals surface area contributed by atoms with Crippen LogP contribution in [0.2, 0.25) is 5.02 Å². The molecule has 3 aromatic rings. The van der Waals surface area contributed by atoms with Crippen LogP contribution in [0.4, 0.5) is 13.2 Å². The molecule has 0 bridgehead atoms. The van der Waals surface area contributed by atoms with Crippen LogP contribution in [0.15, 0.2) is 42.5 Å². The number of nitriles is 1. The molecule has 4 nitrogen and oxygen atoms in total. The molecule has 0 aliphatic rings. The van der Waals surface area contributed by atoms with Crippen LogP contribution in [-0.2, 0) is 6.18 Å². The van der Waals surface area contributed by atoms with Crippen LogP contribution in [-0.4, -0.2) is 15.4 Å². The molecule has 0 unspecified atom stereocenters. The van der Waals surface area contributed by atoms with Crippen molar-refractivity contribution < 1.29 is 13.2 Å². The summed E-state index contributed by atoms with van der Waals surface area (Å²) in [5, 5.41) is 19.0. The zero-order valence-corrected chi connectivity index (χ0v) is 12.7. The van der Waals surface area contributed by atoms with Crippen molar-refractivity contribution in [2.45, 2.75) is 6.18 Å². The van der Waals surface area contributed by atoms with Gasteiger partial charge in [-0.1, -0.05) is 28.9 Å². The van der Waals surface area contributed by atoms with E-state index >= 15 is 0 Å². The van der Waals surface area contributed by atoms with Gasteiger partial charge in [-0.25, -0.2) is 5.10 Å². The van der Waals surface area contributed by atoms with Gasteiger partial charge in [0.05, 0.1) is 5.56 Å². The number of alkyl halides is 3. The Morgan fingerprint density at radius 1 is 1.00 bits per heavy atom. The summed E-state index contributed by atoms with van der Waals surface area (Å²) in [6, 6.07) is 11.8. The first-order valence-electron chi connectivity index (χ1n) is 6.68. The normalized spacial score (nSPS) is 11.3. The van der Waals surface area contributed by atoms with Crippen LogP contribution < -0.4 is 0 Å². The predicted octanol–water partition coefficient (Wildman–Crippen LogP) is 4.68. The van der Waals surface area contributed by atoms with Gasteiger partial charge in [-0.05, 0) is 41.5 Å². The number of H-pyrrole nitrogens is 1. The van der Waals surface area contributed by atoms with Gasteiger partial charge < -0.3 is 0 Å². The first-order valence-corrected chi connectivity index (χ1v) is 7.06. The standard InChI is InChI=1S/C16H8ClF3N4/c17-13-3-1-9(2-4-13)10-5-11(7-12(6-10)16(18,19)20)15-14(8-21)22-24-23-15/h1-7H,(H,22,23,24). The fourth-order valence-electron chi connectivity index (χ4n) is 2.24. The van der Waals surface area contributed by atoms with E-state index < -0.39 is 11.7 Å². The summed E-state index contributed by atoms with van der Waals surface area (Å²) in [7, 11) is 0. The smallest absolute Gasteiger partial charge is 0.247 e. The zero-order valence-electron chi connectivity index (χ0n) is 11.9. The topological polar surface area (TPSA) is 65.4 Å². The Hall–Kier alpha value is -2.85.